The number of benzene rings is 2. The number of aromatic amines is 1. The van der Waals surface area contributed by atoms with Gasteiger partial charge in [0, 0.05) is 5.02 Å². The van der Waals surface area contributed by atoms with Crippen molar-refractivity contribution in [3.8, 4) is 17.1 Å². The Bertz CT molecular complexity index is 716. The second-order valence-electron chi connectivity index (χ2n) is 4.91. The first-order valence-corrected chi connectivity index (χ1v) is 6.92. The molecule has 0 saturated carbocycles. The van der Waals surface area contributed by atoms with Crippen molar-refractivity contribution in [2.45, 2.75) is 20.0 Å². The molecule has 2 aromatic carbocycles. The summed E-state index contributed by atoms with van der Waals surface area (Å²) in [5.74, 6) is 1.55. The zero-order valence-corrected chi connectivity index (χ0v) is 12.1. The summed E-state index contributed by atoms with van der Waals surface area (Å²) in [6.07, 6.45) is 0.0966. The fraction of sp³-hybridized carbons (Fsp3) is 0.188. The van der Waals surface area contributed by atoms with Gasteiger partial charge in [-0.15, -0.1) is 0 Å². The highest BCUT2D eigenvalue weighted by atomic mass is 35.5. The van der Waals surface area contributed by atoms with Gasteiger partial charge in [-0.2, -0.15) is 0 Å². The third-order valence-corrected chi connectivity index (χ3v) is 3.18. The van der Waals surface area contributed by atoms with Crippen molar-refractivity contribution in [1.29, 1.82) is 0 Å². The topological polar surface area (TPSA) is 37.9 Å². The molecule has 4 heteroatoms. The lowest BCUT2D eigenvalue weighted by Crippen LogP contribution is -2.06. The van der Waals surface area contributed by atoms with Crippen molar-refractivity contribution in [1.82, 2.24) is 9.97 Å². The van der Waals surface area contributed by atoms with Crippen molar-refractivity contribution < 1.29 is 4.74 Å². The predicted molar refractivity (Wildman–Crippen MR) is 82.3 cm³/mol. The molecule has 1 heterocycles. The number of H-pyrrole nitrogens is 1. The smallest absolute Gasteiger partial charge is 0.142 e. The highest BCUT2D eigenvalue weighted by molar-refractivity contribution is 6.30. The maximum atomic E-state index is 6.10. The van der Waals surface area contributed by atoms with Gasteiger partial charge in [-0.25, -0.2) is 4.98 Å². The number of hydrogen-bond donors (Lipinski definition) is 1. The van der Waals surface area contributed by atoms with E-state index in [9.17, 15) is 0 Å². The van der Waals surface area contributed by atoms with Crippen LogP contribution in [0.1, 0.15) is 13.8 Å². The molecule has 1 aromatic heterocycles. The average molecular weight is 287 g/mol. The van der Waals surface area contributed by atoms with E-state index in [-0.39, 0.29) is 6.10 Å². The molecule has 3 nitrogen and oxygen atoms in total. The predicted octanol–water partition coefficient (Wildman–Crippen LogP) is 4.67. The fourth-order valence-corrected chi connectivity index (χ4v) is 2.30. The van der Waals surface area contributed by atoms with Crippen molar-refractivity contribution in [3.63, 3.8) is 0 Å². The molecule has 0 spiro atoms. The summed E-state index contributed by atoms with van der Waals surface area (Å²) in [5, 5.41) is 0.663. The quantitative estimate of drug-likeness (QED) is 0.760. The molecular weight excluding hydrogens is 272 g/mol. The Hall–Kier alpha value is -2.00. The molecule has 3 aromatic rings. The largest absolute Gasteiger partial charge is 0.490 e. The van der Waals surface area contributed by atoms with Gasteiger partial charge < -0.3 is 9.72 Å². The molecule has 0 unspecified atom stereocenters. The Morgan fingerprint density at radius 3 is 2.70 bits per heavy atom. The number of nitrogens with one attached hydrogen (secondary N) is 1. The van der Waals surface area contributed by atoms with Crippen LogP contribution in [-0.2, 0) is 0 Å². The number of rotatable bonds is 3. The SMILES string of the molecule is CC(C)Oc1ccc(Cl)cc1-c1nc2ccccc2[nH]1. The standard InChI is InChI=1S/C16H15ClN2O/c1-10(2)20-15-8-7-11(17)9-12(15)16-18-13-5-3-4-6-14(13)19-16/h3-10H,1-2H3,(H,18,19). The van der Waals surface area contributed by atoms with Crippen LogP contribution in [0.15, 0.2) is 42.5 Å². The number of imidazole rings is 1. The minimum atomic E-state index is 0.0966. The zero-order valence-electron chi connectivity index (χ0n) is 11.4. The number of nitrogens with zero attached hydrogens (tertiary/aromatic N) is 1. The van der Waals surface area contributed by atoms with Crippen LogP contribution in [0, 0.1) is 0 Å². The van der Waals surface area contributed by atoms with E-state index < -0.39 is 0 Å². The molecule has 0 aliphatic rings. The Labute approximate surface area is 122 Å². The lowest BCUT2D eigenvalue weighted by Gasteiger charge is -2.13. The van der Waals surface area contributed by atoms with Crippen LogP contribution in [0.4, 0.5) is 0 Å². The van der Waals surface area contributed by atoms with Crippen molar-refractivity contribution in [2.75, 3.05) is 0 Å². The summed E-state index contributed by atoms with van der Waals surface area (Å²) in [6, 6.07) is 13.5. The molecule has 0 atom stereocenters. The van der Waals surface area contributed by atoms with Crippen LogP contribution in [0.25, 0.3) is 22.4 Å². The van der Waals surface area contributed by atoms with Crippen molar-refractivity contribution in [3.05, 3.63) is 47.5 Å². The first-order valence-electron chi connectivity index (χ1n) is 6.55. The average Bonchev–Trinajstić information content (AvgIpc) is 2.84. The Balaban J connectivity index is 2.14. The van der Waals surface area contributed by atoms with Crippen molar-refractivity contribution >= 4 is 22.6 Å². The van der Waals surface area contributed by atoms with Crippen LogP contribution in [0.5, 0.6) is 5.75 Å². The summed E-state index contributed by atoms with van der Waals surface area (Å²) in [4.78, 5) is 7.90. The minimum Gasteiger partial charge on any atom is -0.490 e. The van der Waals surface area contributed by atoms with Crippen LogP contribution in [0.2, 0.25) is 5.02 Å². The van der Waals surface area contributed by atoms with Gasteiger partial charge >= 0.3 is 0 Å². The molecule has 102 valence electrons. The monoisotopic (exact) mass is 286 g/mol. The van der Waals surface area contributed by atoms with Gasteiger partial charge in [-0.1, -0.05) is 23.7 Å². The van der Waals surface area contributed by atoms with E-state index in [1.165, 1.54) is 0 Å². The molecule has 0 radical (unpaired) electrons. The Morgan fingerprint density at radius 2 is 1.95 bits per heavy atom. The Kier molecular flexibility index (Phi) is 3.36. The van der Waals surface area contributed by atoms with Crippen LogP contribution >= 0.6 is 11.6 Å². The number of para-hydroxylation sites is 2. The van der Waals surface area contributed by atoms with E-state index in [0.29, 0.717) is 5.02 Å². The number of aromatic nitrogens is 2. The molecule has 0 amide bonds. The van der Waals surface area contributed by atoms with Gasteiger partial charge in [0.15, 0.2) is 0 Å². The molecule has 3 rings (SSSR count). The lowest BCUT2D eigenvalue weighted by molar-refractivity contribution is 0.243. The number of ether oxygens (including phenoxy) is 1. The second kappa shape index (κ2) is 5.17. The second-order valence-corrected chi connectivity index (χ2v) is 5.35. The van der Waals surface area contributed by atoms with Gasteiger partial charge in [0.2, 0.25) is 0 Å². The van der Waals surface area contributed by atoms with Crippen LogP contribution in [-0.4, -0.2) is 16.1 Å². The zero-order chi connectivity index (χ0) is 14.1. The number of halogens is 1. The van der Waals surface area contributed by atoms with Gasteiger partial charge in [-0.3, -0.25) is 0 Å². The van der Waals surface area contributed by atoms with Gasteiger partial charge in [0.05, 0.1) is 22.7 Å². The highest BCUT2D eigenvalue weighted by Gasteiger charge is 2.12. The molecule has 0 aliphatic carbocycles. The molecule has 0 saturated heterocycles. The summed E-state index contributed by atoms with van der Waals surface area (Å²) >= 11 is 6.10. The first kappa shape index (κ1) is 13.0. The maximum absolute atomic E-state index is 6.10. The molecule has 0 bridgehead atoms. The van der Waals surface area contributed by atoms with E-state index in [1.54, 1.807) is 0 Å². The fourth-order valence-electron chi connectivity index (χ4n) is 2.12. The first-order chi connectivity index (χ1) is 9.63. The van der Waals surface area contributed by atoms with E-state index in [1.807, 2.05) is 56.3 Å². The molecular formula is C16H15ClN2O. The van der Waals surface area contributed by atoms with Crippen molar-refractivity contribution in [2.24, 2.45) is 0 Å². The normalized spacial score (nSPS) is 11.2. The molecule has 0 aliphatic heterocycles. The molecule has 0 fully saturated rings. The summed E-state index contributed by atoms with van der Waals surface area (Å²) < 4.78 is 5.83. The summed E-state index contributed by atoms with van der Waals surface area (Å²) in [6.45, 7) is 3.99. The van der Waals surface area contributed by atoms with Gasteiger partial charge in [-0.05, 0) is 44.2 Å². The lowest BCUT2D eigenvalue weighted by atomic mass is 10.2. The van der Waals surface area contributed by atoms with Crippen LogP contribution in [0.3, 0.4) is 0 Å². The third kappa shape index (κ3) is 2.49. The van der Waals surface area contributed by atoms with E-state index in [2.05, 4.69) is 9.97 Å². The van der Waals surface area contributed by atoms with Crippen LogP contribution < -0.4 is 4.74 Å². The third-order valence-electron chi connectivity index (χ3n) is 2.95. The summed E-state index contributed by atoms with van der Waals surface area (Å²) in [7, 11) is 0. The maximum Gasteiger partial charge on any atom is 0.142 e. The number of hydrogen-bond acceptors (Lipinski definition) is 2. The van der Waals surface area contributed by atoms with Gasteiger partial charge in [0.25, 0.3) is 0 Å². The molecule has 1 N–H and O–H groups in total. The highest BCUT2D eigenvalue weighted by Crippen LogP contribution is 2.32. The Morgan fingerprint density at radius 1 is 1.15 bits per heavy atom. The van der Waals surface area contributed by atoms with Gasteiger partial charge in [0.1, 0.15) is 11.6 Å². The summed E-state index contributed by atoms with van der Waals surface area (Å²) in [5.41, 5.74) is 2.80. The van der Waals surface area contributed by atoms with E-state index in [0.717, 1.165) is 28.2 Å². The van der Waals surface area contributed by atoms with E-state index in [4.69, 9.17) is 16.3 Å². The molecule has 20 heavy (non-hydrogen) atoms. The minimum absolute atomic E-state index is 0.0966. The van der Waals surface area contributed by atoms with E-state index >= 15 is 0 Å². The number of fused-ring (bicyclic) bond motifs is 1.